The van der Waals surface area contributed by atoms with Gasteiger partial charge in [0.15, 0.2) is 0 Å². The summed E-state index contributed by atoms with van der Waals surface area (Å²) in [4.78, 5) is 0. The second-order valence-electron chi connectivity index (χ2n) is 3.33. The second kappa shape index (κ2) is 5.20. The summed E-state index contributed by atoms with van der Waals surface area (Å²) in [5, 5.41) is 0. The summed E-state index contributed by atoms with van der Waals surface area (Å²) in [6.45, 7) is 4.50. The topological polar surface area (TPSA) is 0 Å². The van der Waals surface area contributed by atoms with Crippen molar-refractivity contribution in [1.82, 2.24) is 0 Å². The molecule has 0 saturated carbocycles. The van der Waals surface area contributed by atoms with Crippen LogP contribution in [0.15, 0.2) is 8.73 Å². The highest BCUT2D eigenvalue weighted by atomic mass is 35.5. The van der Waals surface area contributed by atoms with Crippen LogP contribution in [0.25, 0.3) is 0 Å². The number of hydrogen-bond acceptors (Lipinski definition) is 2. The van der Waals surface area contributed by atoms with Crippen LogP contribution < -0.4 is 0 Å². The van der Waals surface area contributed by atoms with Gasteiger partial charge in [-0.3, -0.25) is 0 Å². The largest absolute Gasteiger partial charge is 0.111 e. The lowest BCUT2D eigenvalue weighted by Crippen LogP contribution is -2.24. The molecule has 13 heavy (non-hydrogen) atoms. The molecule has 0 unspecified atom stereocenters. The first-order valence-corrected chi connectivity index (χ1v) is 7.17. The summed E-state index contributed by atoms with van der Waals surface area (Å²) in [6.07, 6.45) is 2.41. The van der Waals surface area contributed by atoms with Gasteiger partial charge < -0.3 is 0 Å². The maximum atomic E-state index is 6.00. The molecule has 0 atom stereocenters. The average molecular weight is 257 g/mol. The average Bonchev–Trinajstić information content (AvgIpc) is 2.30. The van der Waals surface area contributed by atoms with Crippen molar-refractivity contribution < 1.29 is 0 Å². The van der Waals surface area contributed by atoms with Crippen LogP contribution in [0, 0.1) is 5.41 Å². The number of hydrogen-bond donors (Lipinski definition) is 0. The third-order valence-corrected chi connectivity index (χ3v) is 6.58. The highest BCUT2D eigenvalue weighted by Crippen LogP contribution is 2.46. The summed E-state index contributed by atoms with van der Waals surface area (Å²) in [7, 11) is 0. The normalized spacial score (nSPS) is 23.1. The van der Waals surface area contributed by atoms with Gasteiger partial charge in [0.25, 0.3) is 0 Å². The van der Waals surface area contributed by atoms with Crippen molar-refractivity contribution in [2.24, 2.45) is 5.41 Å². The van der Waals surface area contributed by atoms with Gasteiger partial charge in [0.1, 0.15) is 0 Å². The van der Waals surface area contributed by atoms with E-state index in [1.807, 2.05) is 0 Å². The van der Waals surface area contributed by atoms with Gasteiger partial charge in [0, 0.05) is 11.5 Å². The minimum absolute atomic E-state index is 0.423. The first kappa shape index (κ1) is 12.1. The molecule has 0 spiro atoms. The van der Waals surface area contributed by atoms with Crippen molar-refractivity contribution in [3.8, 4) is 0 Å². The van der Waals surface area contributed by atoms with E-state index in [1.54, 1.807) is 23.5 Å². The van der Waals surface area contributed by atoms with Crippen molar-refractivity contribution in [3.05, 3.63) is 8.73 Å². The van der Waals surface area contributed by atoms with Crippen LogP contribution in [0.3, 0.4) is 0 Å². The highest BCUT2D eigenvalue weighted by Gasteiger charge is 2.30. The monoisotopic (exact) mass is 256 g/mol. The van der Waals surface area contributed by atoms with Gasteiger partial charge in [0.05, 0.1) is 8.73 Å². The Kier molecular flexibility index (Phi) is 4.84. The highest BCUT2D eigenvalue weighted by molar-refractivity contribution is 8.09. The molecule has 0 bridgehead atoms. The van der Waals surface area contributed by atoms with Crippen molar-refractivity contribution in [3.63, 3.8) is 0 Å². The van der Waals surface area contributed by atoms with Crippen molar-refractivity contribution in [1.29, 1.82) is 0 Å². The van der Waals surface area contributed by atoms with E-state index in [4.69, 9.17) is 23.2 Å². The molecule has 0 radical (unpaired) electrons. The van der Waals surface area contributed by atoms with Crippen LogP contribution in [0.4, 0.5) is 0 Å². The molecule has 0 saturated heterocycles. The maximum Gasteiger partial charge on any atom is 0.0986 e. The van der Waals surface area contributed by atoms with Crippen LogP contribution in [0.5, 0.6) is 0 Å². The minimum Gasteiger partial charge on any atom is -0.111 e. The van der Waals surface area contributed by atoms with E-state index in [0.29, 0.717) is 5.41 Å². The molecular formula is C9H14Cl2S2. The lowest BCUT2D eigenvalue weighted by atomic mass is 9.87. The summed E-state index contributed by atoms with van der Waals surface area (Å²) >= 11 is 15.4. The van der Waals surface area contributed by atoms with Crippen LogP contribution >= 0.6 is 46.7 Å². The fourth-order valence-electron chi connectivity index (χ4n) is 1.25. The van der Waals surface area contributed by atoms with E-state index in [1.165, 1.54) is 12.8 Å². The Balaban J connectivity index is 2.69. The summed E-state index contributed by atoms with van der Waals surface area (Å²) in [5.41, 5.74) is 0.423. The zero-order chi connectivity index (χ0) is 9.90. The van der Waals surface area contributed by atoms with E-state index in [-0.39, 0.29) is 0 Å². The molecular weight excluding hydrogens is 243 g/mol. The molecule has 0 amide bonds. The molecule has 76 valence electrons. The first-order chi connectivity index (χ1) is 6.13. The van der Waals surface area contributed by atoms with E-state index in [9.17, 15) is 0 Å². The van der Waals surface area contributed by atoms with Gasteiger partial charge >= 0.3 is 0 Å². The van der Waals surface area contributed by atoms with Crippen LogP contribution in [-0.2, 0) is 0 Å². The molecule has 0 aliphatic carbocycles. The SMILES string of the molecule is CCC1(CC)CSC(Cl)=C(Cl)SC1. The first-order valence-electron chi connectivity index (χ1n) is 4.44. The minimum atomic E-state index is 0.423. The van der Waals surface area contributed by atoms with Gasteiger partial charge in [-0.25, -0.2) is 0 Å². The Morgan fingerprint density at radius 1 is 1.08 bits per heavy atom. The molecule has 0 fully saturated rings. The van der Waals surface area contributed by atoms with Crippen molar-refractivity contribution in [2.45, 2.75) is 26.7 Å². The third-order valence-electron chi connectivity index (χ3n) is 2.66. The van der Waals surface area contributed by atoms with Crippen LogP contribution in [0.2, 0.25) is 0 Å². The molecule has 0 aromatic heterocycles. The van der Waals surface area contributed by atoms with Crippen LogP contribution in [-0.4, -0.2) is 11.5 Å². The van der Waals surface area contributed by atoms with Crippen molar-refractivity contribution in [2.75, 3.05) is 11.5 Å². The summed E-state index contributed by atoms with van der Waals surface area (Å²) < 4.78 is 1.55. The Hall–Kier alpha value is 1.02. The molecule has 0 aromatic carbocycles. The Morgan fingerprint density at radius 2 is 1.46 bits per heavy atom. The Labute approximate surface area is 98.8 Å². The lowest BCUT2D eigenvalue weighted by Gasteiger charge is -2.28. The zero-order valence-corrected chi connectivity index (χ0v) is 11.0. The summed E-state index contributed by atoms with van der Waals surface area (Å²) in [6, 6.07) is 0. The molecule has 1 heterocycles. The van der Waals surface area contributed by atoms with E-state index in [0.717, 1.165) is 20.2 Å². The standard InChI is InChI=1S/C9H14Cl2S2/c1-3-9(4-2)5-12-7(10)8(11)13-6-9/h3-6H2,1-2H3. The quantitative estimate of drug-likeness (QED) is 0.691. The second-order valence-corrected chi connectivity index (χ2v) is 6.51. The lowest BCUT2D eigenvalue weighted by molar-refractivity contribution is 0.357. The van der Waals surface area contributed by atoms with E-state index in [2.05, 4.69) is 13.8 Å². The molecule has 0 nitrogen and oxygen atoms in total. The maximum absolute atomic E-state index is 6.00. The predicted molar refractivity (Wildman–Crippen MR) is 66.7 cm³/mol. The molecule has 1 aliphatic heterocycles. The summed E-state index contributed by atoms with van der Waals surface area (Å²) in [5.74, 6) is 2.20. The van der Waals surface area contributed by atoms with E-state index < -0.39 is 0 Å². The molecule has 0 N–H and O–H groups in total. The number of thioether (sulfide) groups is 2. The van der Waals surface area contributed by atoms with Crippen LogP contribution in [0.1, 0.15) is 26.7 Å². The zero-order valence-electron chi connectivity index (χ0n) is 7.90. The predicted octanol–water partition coefficient (Wildman–Crippen LogP) is 4.88. The fourth-order valence-corrected chi connectivity index (χ4v) is 4.50. The number of halogens is 2. The smallest absolute Gasteiger partial charge is 0.0986 e. The molecule has 1 rings (SSSR count). The van der Waals surface area contributed by atoms with Gasteiger partial charge in [-0.1, -0.05) is 37.0 Å². The van der Waals surface area contributed by atoms with Gasteiger partial charge in [-0.2, -0.15) is 0 Å². The third kappa shape index (κ3) is 2.98. The van der Waals surface area contributed by atoms with Crippen molar-refractivity contribution >= 4 is 46.7 Å². The molecule has 0 aromatic rings. The van der Waals surface area contributed by atoms with Gasteiger partial charge in [0.2, 0.25) is 0 Å². The van der Waals surface area contributed by atoms with E-state index >= 15 is 0 Å². The molecule has 4 heteroatoms. The Morgan fingerprint density at radius 3 is 1.77 bits per heavy atom. The Bertz CT molecular complexity index is 192. The van der Waals surface area contributed by atoms with Gasteiger partial charge in [-0.05, 0) is 18.3 Å². The molecule has 1 aliphatic rings. The number of rotatable bonds is 2. The van der Waals surface area contributed by atoms with Gasteiger partial charge in [-0.15, -0.1) is 23.5 Å². The fraction of sp³-hybridized carbons (Fsp3) is 0.778.